The van der Waals surface area contributed by atoms with E-state index in [2.05, 4.69) is 10.6 Å². The number of esters is 4. The van der Waals surface area contributed by atoms with Gasteiger partial charge in [0.25, 0.3) is 0 Å². The standard InChI is InChI=1S/C36H58N2O8/c1-33(2,21-11-9-12-21)43-29(39)25-15-26(30(40)44-34(3,4)22-13-10-14-22)28(32(42)46-36(7,8)24-19-38-20-24)16-27(25)31(41)45-35(5,6)23-17-37-18-23/h21-28,37-38H,9-20H2,1-8H3. The summed E-state index contributed by atoms with van der Waals surface area (Å²) in [5.74, 6) is -5.22. The molecule has 0 aromatic carbocycles. The Balaban J connectivity index is 1.44. The Labute approximate surface area is 275 Å². The monoisotopic (exact) mass is 646 g/mol. The van der Waals surface area contributed by atoms with Crippen LogP contribution >= 0.6 is 0 Å². The number of hydrogen-bond acceptors (Lipinski definition) is 10. The first-order valence-corrected chi connectivity index (χ1v) is 17.7. The molecule has 0 aromatic rings. The minimum absolute atomic E-state index is 0.0461. The van der Waals surface area contributed by atoms with Gasteiger partial charge >= 0.3 is 23.9 Å². The van der Waals surface area contributed by atoms with E-state index in [1.54, 1.807) is 0 Å². The molecule has 2 saturated heterocycles. The number of rotatable bonds is 12. The molecule has 3 aliphatic carbocycles. The van der Waals surface area contributed by atoms with E-state index in [1.807, 2.05) is 55.4 Å². The van der Waals surface area contributed by atoms with E-state index in [0.29, 0.717) is 0 Å². The maximum atomic E-state index is 14.1. The highest BCUT2D eigenvalue weighted by Crippen LogP contribution is 2.46. The van der Waals surface area contributed by atoms with Gasteiger partial charge in [0.15, 0.2) is 0 Å². The lowest BCUT2D eigenvalue weighted by molar-refractivity contribution is -0.197. The molecule has 0 amide bonds. The van der Waals surface area contributed by atoms with Gasteiger partial charge in [-0.05, 0) is 106 Å². The molecule has 5 rings (SSSR count). The molecule has 46 heavy (non-hydrogen) atoms. The highest BCUT2D eigenvalue weighted by molar-refractivity contribution is 5.88. The second kappa shape index (κ2) is 13.0. The fourth-order valence-corrected chi connectivity index (χ4v) is 7.69. The summed E-state index contributed by atoms with van der Waals surface area (Å²) in [5, 5.41) is 6.45. The van der Waals surface area contributed by atoms with Crippen LogP contribution in [0, 0.1) is 47.3 Å². The predicted octanol–water partition coefficient (Wildman–Crippen LogP) is 4.57. The number of nitrogens with one attached hydrogen (secondary N) is 2. The SMILES string of the molecule is CC(C)(OC(=O)C1CC(C(=O)OC(C)(C)C2CCC2)C(C(=O)OC(C)(C)C2CNC2)CC1C(=O)OC(C)(C)C1CNC1)C1CCC1. The van der Waals surface area contributed by atoms with Crippen molar-refractivity contribution in [2.24, 2.45) is 47.3 Å². The molecule has 4 unspecified atom stereocenters. The van der Waals surface area contributed by atoms with Gasteiger partial charge in [0.1, 0.15) is 22.4 Å². The normalized spacial score (nSPS) is 28.5. The van der Waals surface area contributed by atoms with E-state index in [1.165, 1.54) is 0 Å². The van der Waals surface area contributed by atoms with E-state index in [-0.39, 0.29) is 36.5 Å². The highest BCUT2D eigenvalue weighted by atomic mass is 16.6. The van der Waals surface area contributed by atoms with E-state index < -0.39 is 70.0 Å². The lowest BCUT2D eigenvalue weighted by Crippen LogP contribution is -2.57. The Kier molecular flexibility index (Phi) is 9.94. The van der Waals surface area contributed by atoms with Crippen LogP contribution in [0.5, 0.6) is 0 Å². The summed E-state index contributed by atoms with van der Waals surface area (Å²) in [4.78, 5) is 56.3. The number of ether oxygens (including phenoxy) is 4. The molecular formula is C36H58N2O8. The number of hydrogen-bond donors (Lipinski definition) is 2. The second-order valence-electron chi connectivity index (χ2n) is 17.0. The van der Waals surface area contributed by atoms with E-state index in [9.17, 15) is 19.2 Å². The lowest BCUT2D eigenvalue weighted by Gasteiger charge is -2.46. The Morgan fingerprint density at radius 2 is 0.674 bits per heavy atom. The molecule has 2 heterocycles. The van der Waals surface area contributed by atoms with Crippen LogP contribution in [0.15, 0.2) is 0 Å². The molecule has 4 atom stereocenters. The minimum atomic E-state index is -0.966. The zero-order chi connectivity index (χ0) is 33.7. The van der Waals surface area contributed by atoms with Gasteiger partial charge in [0.2, 0.25) is 0 Å². The number of carbonyl (C=O) groups is 4. The van der Waals surface area contributed by atoms with E-state index in [4.69, 9.17) is 18.9 Å². The summed E-state index contributed by atoms with van der Waals surface area (Å²) in [6, 6.07) is 0. The van der Waals surface area contributed by atoms with Gasteiger partial charge in [-0.1, -0.05) is 12.8 Å². The smallest absolute Gasteiger partial charge is 0.310 e. The zero-order valence-electron chi connectivity index (χ0n) is 29.4. The molecule has 2 aliphatic heterocycles. The first-order chi connectivity index (χ1) is 21.4. The molecule has 5 aliphatic rings. The van der Waals surface area contributed by atoms with Crippen LogP contribution in [-0.4, -0.2) is 72.5 Å². The van der Waals surface area contributed by atoms with Crippen LogP contribution in [0.1, 0.15) is 107 Å². The molecule has 2 N–H and O–H groups in total. The second-order valence-corrected chi connectivity index (χ2v) is 17.0. The van der Waals surface area contributed by atoms with Crippen molar-refractivity contribution in [3.05, 3.63) is 0 Å². The summed E-state index contributed by atoms with van der Waals surface area (Å²) in [7, 11) is 0. The molecule has 10 nitrogen and oxygen atoms in total. The van der Waals surface area contributed by atoms with Crippen LogP contribution < -0.4 is 10.6 Å². The van der Waals surface area contributed by atoms with Crippen molar-refractivity contribution in [3.63, 3.8) is 0 Å². The molecule has 0 aromatic heterocycles. The molecule has 10 heteroatoms. The van der Waals surface area contributed by atoms with Gasteiger partial charge in [-0.15, -0.1) is 0 Å². The van der Waals surface area contributed by atoms with Crippen LogP contribution in [0.4, 0.5) is 0 Å². The molecule has 0 bridgehead atoms. The Bertz CT molecular complexity index is 985. The molecule has 3 saturated carbocycles. The fraction of sp³-hybridized carbons (Fsp3) is 0.889. The van der Waals surface area contributed by atoms with Crippen LogP contribution in [0.25, 0.3) is 0 Å². The number of carbonyl (C=O) groups excluding carboxylic acids is 4. The zero-order valence-corrected chi connectivity index (χ0v) is 29.4. The third-order valence-electron chi connectivity index (χ3n) is 12.4. The molecular weight excluding hydrogens is 588 g/mol. The van der Waals surface area contributed by atoms with Crippen molar-refractivity contribution >= 4 is 23.9 Å². The average Bonchev–Trinajstić information content (AvgIpc) is 2.75. The Hall–Kier alpha value is -2.20. The third-order valence-corrected chi connectivity index (χ3v) is 12.4. The average molecular weight is 647 g/mol. The predicted molar refractivity (Wildman–Crippen MR) is 171 cm³/mol. The highest BCUT2D eigenvalue weighted by Gasteiger charge is 2.55. The van der Waals surface area contributed by atoms with E-state index >= 15 is 0 Å². The van der Waals surface area contributed by atoms with Gasteiger partial charge in [-0.2, -0.15) is 0 Å². The Morgan fingerprint density at radius 1 is 0.435 bits per heavy atom. The Morgan fingerprint density at radius 3 is 0.848 bits per heavy atom. The van der Waals surface area contributed by atoms with Crippen LogP contribution in [-0.2, 0) is 38.1 Å². The van der Waals surface area contributed by atoms with Crippen molar-refractivity contribution < 1.29 is 38.1 Å². The summed E-state index contributed by atoms with van der Waals surface area (Å²) in [6.07, 6.45) is 6.00. The molecule has 260 valence electrons. The summed E-state index contributed by atoms with van der Waals surface area (Å²) < 4.78 is 24.6. The van der Waals surface area contributed by atoms with Gasteiger partial charge in [0, 0.05) is 38.0 Å². The lowest BCUT2D eigenvalue weighted by atomic mass is 9.67. The van der Waals surface area contributed by atoms with Crippen LogP contribution in [0.2, 0.25) is 0 Å². The minimum Gasteiger partial charge on any atom is -0.459 e. The van der Waals surface area contributed by atoms with Crippen molar-refractivity contribution in [2.45, 2.75) is 129 Å². The van der Waals surface area contributed by atoms with Crippen molar-refractivity contribution in [1.82, 2.24) is 10.6 Å². The van der Waals surface area contributed by atoms with Gasteiger partial charge in [0.05, 0.1) is 23.7 Å². The molecule has 0 radical (unpaired) electrons. The van der Waals surface area contributed by atoms with Gasteiger partial charge in [-0.3, -0.25) is 19.2 Å². The summed E-state index contributed by atoms with van der Waals surface area (Å²) in [5.41, 5.74) is -2.95. The molecule has 5 fully saturated rings. The van der Waals surface area contributed by atoms with Crippen molar-refractivity contribution in [3.8, 4) is 0 Å². The summed E-state index contributed by atoms with van der Waals surface area (Å²) in [6.45, 7) is 18.1. The van der Waals surface area contributed by atoms with Crippen LogP contribution in [0.3, 0.4) is 0 Å². The fourth-order valence-electron chi connectivity index (χ4n) is 7.69. The maximum absolute atomic E-state index is 14.1. The van der Waals surface area contributed by atoms with Gasteiger partial charge in [-0.25, -0.2) is 0 Å². The van der Waals surface area contributed by atoms with Crippen molar-refractivity contribution in [1.29, 1.82) is 0 Å². The maximum Gasteiger partial charge on any atom is 0.310 e. The third kappa shape index (κ3) is 7.27. The van der Waals surface area contributed by atoms with Crippen molar-refractivity contribution in [2.75, 3.05) is 26.2 Å². The first-order valence-electron chi connectivity index (χ1n) is 17.7. The summed E-state index contributed by atoms with van der Waals surface area (Å²) >= 11 is 0. The largest absolute Gasteiger partial charge is 0.459 e. The quantitative estimate of drug-likeness (QED) is 0.230. The molecule has 0 spiro atoms. The van der Waals surface area contributed by atoms with E-state index in [0.717, 1.165) is 64.7 Å². The van der Waals surface area contributed by atoms with Gasteiger partial charge < -0.3 is 29.6 Å². The first kappa shape index (κ1) is 35.1. The topological polar surface area (TPSA) is 129 Å².